The minimum atomic E-state index is 1.19. The fourth-order valence-electron chi connectivity index (χ4n) is 7.55. The van der Waals surface area contributed by atoms with E-state index in [1.807, 2.05) is 0 Å². The first-order valence-corrected chi connectivity index (χ1v) is 14.9. The summed E-state index contributed by atoms with van der Waals surface area (Å²) in [5.74, 6) is 0. The van der Waals surface area contributed by atoms with E-state index in [0.717, 1.165) is 0 Å². The van der Waals surface area contributed by atoms with Gasteiger partial charge in [0.05, 0.1) is 5.69 Å². The average molecular weight is 544 g/mol. The van der Waals surface area contributed by atoms with Crippen molar-refractivity contribution in [3.05, 3.63) is 146 Å². The Morgan fingerprint density at radius 1 is 0.349 bits per heavy atom. The van der Waals surface area contributed by atoms with Gasteiger partial charge in [0.2, 0.25) is 0 Å². The minimum Gasteiger partial charge on any atom is -0.354 e. The largest absolute Gasteiger partial charge is 0.354 e. The van der Waals surface area contributed by atoms with Gasteiger partial charge in [-0.15, -0.1) is 0 Å². The Morgan fingerprint density at radius 2 is 0.860 bits per heavy atom. The molecule has 1 aromatic heterocycles. The Morgan fingerprint density at radius 3 is 1.51 bits per heavy atom. The molecule has 0 saturated heterocycles. The molecular weight excluding hydrogens is 518 g/mol. The number of fused-ring (bicyclic) bond motifs is 11. The lowest BCUT2D eigenvalue weighted by molar-refractivity contribution is 1.48. The lowest BCUT2D eigenvalue weighted by atomic mass is 9.91. The van der Waals surface area contributed by atoms with Crippen LogP contribution in [0.5, 0.6) is 0 Å². The van der Waals surface area contributed by atoms with Gasteiger partial charge in [-0.25, -0.2) is 0 Å². The van der Waals surface area contributed by atoms with Crippen molar-refractivity contribution in [2.75, 3.05) is 0 Å². The molecule has 1 N–H and O–H groups in total. The molecule has 0 saturated carbocycles. The third-order valence-electron chi connectivity index (χ3n) is 9.54. The van der Waals surface area contributed by atoms with Crippen molar-refractivity contribution in [3.8, 4) is 44.6 Å². The summed E-state index contributed by atoms with van der Waals surface area (Å²) in [5.41, 5.74) is 11.3. The summed E-state index contributed by atoms with van der Waals surface area (Å²) in [6.07, 6.45) is 0. The van der Waals surface area contributed by atoms with E-state index in [9.17, 15) is 0 Å². The van der Waals surface area contributed by atoms with Crippen LogP contribution in [0.25, 0.3) is 98.6 Å². The van der Waals surface area contributed by atoms with Crippen molar-refractivity contribution in [2.24, 2.45) is 0 Å². The summed E-state index contributed by atoms with van der Waals surface area (Å²) in [7, 11) is 0. The number of aromatic amines is 1. The van der Waals surface area contributed by atoms with Gasteiger partial charge in [-0.1, -0.05) is 127 Å². The first-order chi connectivity index (χ1) is 21.3. The minimum absolute atomic E-state index is 1.19. The fourth-order valence-corrected chi connectivity index (χ4v) is 7.55. The number of aromatic nitrogens is 1. The van der Waals surface area contributed by atoms with Crippen LogP contribution in [0.15, 0.2) is 146 Å². The number of nitrogens with one attached hydrogen (secondary N) is 1. The highest BCUT2D eigenvalue weighted by Gasteiger charge is 2.25. The smallest absolute Gasteiger partial charge is 0.0551 e. The predicted octanol–water partition coefficient (Wildman–Crippen LogP) is 11.8. The number of benzene rings is 8. The number of rotatable bonds is 2. The maximum Gasteiger partial charge on any atom is 0.0551 e. The molecule has 198 valence electrons. The molecule has 1 heterocycles. The van der Waals surface area contributed by atoms with Gasteiger partial charge in [-0.3, -0.25) is 0 Å². The second-order valence-corrected chi connectivity index (χ2v) is 11.8. The van der Waals surface area contributed by atoms with Gasteiger partial charge in [0.25, 0.3) is 0 Å². The van der Waals surface area contributed by atoms with Crippen LogP contribution in [0.2, 0.25) is 0 Å². The Kier molecular flexibility index (Phi) is 4.51. The van der Waals surface area contributed by atoms with E-state index in [1.54, 1.807) is 0 Å². The molecule has 1 heteroatoms. The van der Waals surface area contributed by atoms with E-state index in [-0.39, 0.29) is 0 Å². The van der Waals surface area contributed by atoms with Crippen LogP contribution in [-0.2, 0) is 0 Å². The summed E-state index contributed by atoms with van der Waals surface area (Å²) in [6.45, 7) is 0. The van der Waals surface area contributed by atoms with Crippen LogP contribution >= 0.6 is 0 Å². The van der Waals surface area contributed by atoms with Crippen molar-refractivity contribution >= 4 is 54.0 Å². The Bertz CT molecular complexity index is 2560. The molecule has 9 aromatic rings. The Labute approximate surface area is 248 Å². The van der Waals surface area contributed by atoms with E-state index < -0.39 is 0 Å². The molecule has 0 amide bonds. The number of hydrogen-bond donors (Lipinski definition) is 1. The summed E-state index contributed by atoms with van der Waals surface area (Å²) in [5, 5.41) is 11.8. The van der Waals surface area contributed by atoms with E-state index in [4.69, 9.17) is 0 Å². The van der Waals surface area contributed by atoms with Gasteiger partial charge < -0.3 is 4.98 Å². The molecule has 0 atom stereocenters. The highest BCUT2D eigenvalue weighted by molar-refractivity contribution is 6.26. The Balaban J connectivity index is 1.08. The summed E-state index contributed by atoms with van der Waals surface area (Å²) in [4.78, 5) is 3.73. The van der Waals surface area contributed by atoms with E-state index in [0.29, 0.717) is 0 Å². The van der Waals surface area contributed by atoms with Crippen molar-refractivity contribution < 1.29 is 0 Å². The summed E-state index contributed by atoms with van der Waals surface area (Å²) < 4.78 is 0. The third-order valence-corrected chi connectivity index (χ3v) is 9.54. The average Bonchev–Trinajstić information content (AvgIpc) is 3.61. The molecule has 0 radical (unpaired) electrons. The monoisotopic (exact) mass is 543 g/mol. The quantitative estimate of drug-likeness (QED) is 0.209. The molecule has 43 heavy (non-hydrogen) atoms. The second kappa shape index (κ2) is 8.44. The van der Waals surface area contributed by atoms with Gasteiger partial charge in [0, 0.05) is 22.0 Å². The molecule has 1 nitrogen and oxygen atoms in total. The first-order valence-electron chi connectivity index (χ1n) is 14.9. The number of hydrogen-bond acceptors (Lipinski definition) is 0. The lowest BCUT2D eigenvalue weighted by Crippen LogP contribution is -1.85. The predicted molar refractivity (Wildman–Crippen MR) is 184 cm³/mol. The molecule has 1 aliphatic carbocycles. The molecule has 0 bridgehead atoms. The molecule has 10 rings (SSSR count). The van der Waals surface area contributed by atoms with Crippen molar-refractivity contribution in [1.82, 2.24) is 4.98 Å². The van der Waals surface area contributed by atoms with Gasteiger partial charge in [-0.2, -0.15) is 0 Å². The first kappa shape index (κ1) is 23.0. The van der Waals surface area contributed by atoms with Crippen molar-refractivity contribution in [2.45, 2.75) is 0 Å². The number of H-pyrrole nitrogens is 1. The molecule has 0 aliphatic heterocycles. The van der Waals surface area contributed by atoms with Crippen LogP contribution in [0.4, 0.5) is 0 Å². The van der Waals surface area contributed by atoms with E-state index >= 15 is 0 Å². The van der Waals surface area contributed by atoms with Crippen LogP contribution in [-0.4, -0.2) is 4.98 Å². The summed E-state index contributed by atoms with van der Waals surface area (Å²) in [6, 6.07) is 53.6. The van der Waals surface area contributed by atoms with Gasteiger partial charge in [-0.05, 0) is 89.1 Å². The third kappa shape index (κ3) is 3.17. The lowest BCUT2D eigenvalue weighted by Gasteiger charge is -2.12. The maximum absolute atomic E-state index is 3.73. The van der Waals surface area contributed by atoms with Crippen LogP contribution in [0.1, 0.15) is 0 Å². The summed E-state index contributed by atoms with van der Waals surface area (Å²) >= 11 is 0. The van der Waals surface area contributed by atoms with Gasteiger partial charge >= 0.3 is 0 Å². The standard InChI is InChI=1S/C42H25N/c1-2-11-32-30(9-1)31-10-3-4-12-33(31)37-23-28(19-21-34(32)37)25-15-17-26(18-16-25)29-20-22-39-38(24-29)41-35-13-5-7-27-8-6-14-36(40(27)35)42(41)43-39/h1-24,43H. The van der Waals surface area contributed by atoms with Crippen LogP contribution in [0, 0.1) is 0 Å². The zero-order valence-corrected chi connectivity index (χ0v) is 23.4. The molecular formula is C42H25N. The molecule has 8 aromatic carbocycles. The second-order valence-electron chi connectivity index (χ2n) is 11.8. The molecule has 0 spiro atoms. The highest BCUT2D eigenvalue weighted by Crippen LogP contribution is 2.50. The molecule has 0 fully saturated rings. The van der Waals surface area contributed by atoms with Crippen molar-refractivity contribution in [3.63, 3.8) is 0 Å². The topological polar surface area (TPSA) is 15.8 Å². The van der Waals surface area contributed by atoms with Crippen LogP contribution in [0.3, 0.4) is 0 Å². The zero-order valence-electron chi connectivity index (χ0n) is 23.4. The molecule has 0 unspecified atom stereocenters. The normalized spacial score (nSPS) is 12.2. The van der Waals surface area contributed by atoms with Gasteiger partial charge in [0.1, 0.15) is 0 Å². The van der Waals surface area contributed by atoms with E-state index in [1.165, 1.54) is 98.6 Å². The molecule has 1 aliphatic rings. The van der Waals surface area contributed by atoms with E-state index in [2.05, 4.69) is 151 Å². The zero-order chi connectivity index (χ0) is 28.1. The van der Waals surface area contributed by atoms with Crippen molar-refractivity contribution in [1.29, 1.82) is 0 Å². The Hall–Kier alpha value is -5.66. The SMILES string of the molecule is c1cc2c3c(cccc3c1)-c1c-2[nH]c2ccc(-c3ccc(-c4ccc5c6ccccc6c6ccccc6c5c4)cc3)cc12. The van der Waals surface area contributed by atoms with Gasteiger partial charge in [0.15, 0.2) is 0 Å². The maximum atomic E-state index is 3.73. The van der Waals surface area contributed by atoms with Crippen LogP contribution < -0.4 is 0 Å². The fraction of sp³-hybridized carbons (Fsp3) is 0. The highest BCUT2D eigenvalue weighted by atomic mass is 14.7.